The van der Waals surface area contributed by atoms with E-state index in [1.165, 1.54) is 0 Å². The molecule has 0 N–H and O–H groups in total. The van der Waals surface area contributed by atoms with Crippen LogP contribution in [-0.2, 0) is 14.1 Å². The molecule has 0 radical (unpaired) electrons. The Bertz CT molecular complexity index is 1020. The Labute approximate surface area is 125 Å². The first kappa shape index (κ1) is 12.7. The number of para-hydroxylation sites is 4. The third kappa shape index (κ3) is 1.88. The van der Waals surface area contributed by atoms with Crippen molar-refractivity contribution in [2.75, 3.05) is 0 Å². The fourth-order valence-corrected chi connectivity index (χ4v) is 2.44. The van der Waals surface area contributed by atoms with E-state index < -0.39 is 0 Å². The number of rotatable bonds is 1. The molecule has 0 bridgehead atoms. The Morgan fingerprint density at radius 3 is 1.50 bits per heavy atom. The van der Waals surface area contributed by atoms with Gasteiger partial charge in [-0.25, -0.2) is 0 Å². The molecule has 0 aliphatic heterocycles. The molecule has 0 saturated carbocycles. The molecule has 4 aromatic rings. The average Bonchev–Trinajstić information content (AvgIpc) is 3.04. The van der Waals surface area contributed by atoms with Crippen LogP contribution in [0.15, 0.2) is 67.6 Å². The molecular formula is C16H14N4O2. The van der Waals surface area contributed by atoms with Crippen LogP contribution in [-0.4, -0.2) is 9.13 Å². The Morgan fingerprint density at radius 1 is 0.682 bits per heavy atom. The van der Waals surface area contributed by atoms with Crippen molar-refractivity contribution in [3.63, 3.8) is 0 Å². The van der Waals surface area contributed by atoms with Gasteiger partial charge < -0.3 is 8.83 Å². The van der Waals surface area contributed by atoms with Gasteiger partial charge in [-0.15, -0.1) is 0 Å². The van der Waals surface area contributed by atoms with Crippen LogP contribution in [0.3, 0.4) is 0 Å². The first-order valence-electron chi connectivity index (χ1n) is 6.91. The van der Waals surface area contributed by atoms with Gasteiger partial charge in [0.15, 0.2) is 11.2 Å². The number of nitrogens with zero attached hydrogens (tertiary/aromatic N) is 4. The Kier molecular flexibility index (Phi) is 2.75. The normalized spacial score (nSPS) is 13.5. The molecule has 0 saturated heterocycles. The predicted octanol–water partition coefficient (Wildman–Crippen LogP) is 2.27. The molecule has 0 fully saturated rings. The Balaban J connectivity index is 1.94. The molecule has 2 aromatic carbocycles. The first-order valence-corrected chi connectivity index (χ1v) is 6.91. The van der Waals surface area contributed by atoms with E-state index in [0.717, 1.165) is 22.2 Å². The molecule has 110 valence electrons. The zero-order valence-electron chi connectivity index (χ0n) is 12.2. The third-order valence-electron chi connectivity index (χ3n) is 3.65. The number of hydrogen-bond donors (Lipinski definition) is 0. The van der Waals surface area contributed by atoms with Crippen LogP contribution >= 0.6 is 0 Å². The maximum atomic E-state index is 5.69. The van der Waals surface area contributed by atoms with Crippen LogP contribution < -0.4 is 11.4 Å². The molecule has 0 spiro atoms. The van der Waals surface area contributed by atoms with Gasteiger partial charge in [0, 0.05) is 14.1 Å². The SMILES string of the molecule is Cn1c(=NN=c2oc3ccccc3n2C)oc2ccccc21. The lowest BCUT2D eigenvalue weighted by Gasteiger charge is -1.90. The summed E-state index contributed by atoms with van der Waals surface area (Å²) >= 11 is 0. The van der Waals surface area contributed by atoms with Crippen LogP contribution in [0, 0.1) is 0 Å². The van der Waals surface area contributed by atoms with Crippen molar-refractivity contribution in [1.82, 2.24) is 9.13 Å². The van der Waals surface area contributed by atoms with Crippen molar-refractivity contribution in [1.29, 1.82) is 0 Å². The fourth-order valence-electron chi connectivity index (χ4n) is 2.44. The van der Waals surface area contributed by atoms with Crippen LogP contribution in [0.25, 0.3) is 22.2 Å². The van der Waals surface area contributed by atoms with Crippen molar-refractivity contribution in [2.45, 2.75) is 0 Å². The summed E-state index contributed by atoms with van der Waals surface area (Å²) in [5.74, 6) is 0. The monoisotopic (exact) mass is 294 g/mol. The Morgan fingerprint density at radius 2 is 1.09 bits per heavy atom. The summed E-state index contributed by atoms with van der Waals surface area (Å²) in [6, 6.07) is 15.5. The van der Waals surface area contributed by atoms with E-state index in [9.17, 15) is 0 Å². The van der Waals surface area contributed by atoms with Crippen LogP contribution in [0.5, 0.6) is 0 Å². The number of aromatic nitrogens is 2. The van der Waals surface area contributed by atoms with Gasteiger partial charge in [-0.05, 0) is 24.3 Å². The zero-order chi connectivity index (χ0) is 15.1. The number of oxazole rings is 2. The average molecular weight is 294 g/mol. The zero-order valence-corrected chi connectivity index (χ0v) is 12.2. The lowest BCUT2D eigenvalue weighted by atomic mass is 10.3. The van der Waals surface area contributed by atoms with Gasteiger partial charge in [0.05, 0.1) is 11.0 Å². The van der Waals surface area contributed by atoms with Crippen molar-refractivity contribution < 1.29 is 8.83 Å². The molecule has 22 heavy (non-hydrogen) atoms. The minimum absolute atomic E-state index is 0.418. The van der Waals surface area contributed by atoms with Gasteiger partial charge in [-0.3, -0.25) is 9.13 Å². The molecule has 6 nitrogen and oxygen atoms in total. The third-order valence-corrected chi connectivity index (χ3v) is 3.65. The summed E-state index contributed by atoms with van der Waals surface area (Å²) in [6.45, 7) is 0. The summed E-state index contributed by atoms with van der Waals surface area (Å²) in [4.78, 5) is 0. The molecule has 2 heterocycles. The van der Waals surface area contributed by atoms with Gasteiger partial charge in [-0.2, -0.15) is 0 Å². The summed E-state index contributed by atoms with van der Waals surface area (Å²) < 4.78 is 15.1. The second-order valence-electron chi connectivity index (χ2n) is 5.02. The van der Waals surface area contributed by atoms with E-state index >= 15 is 0 Å². The van der Waals surface area contributed by atoms with Crippen LogP contribution in [0.1, 0.15) is 0 Å². The largest absolute Gasteiger partial charge is 0.422 e. The topological polar surface area (TPSA) is 60.9 Å². The van der Waals surface area contributed by atoms with E-state index in [4.69, 9.17) is 8.83 Å². The Hall–Kier alpha value is -3.02. The van der Waals surface area contributed by atoms with Crippen molar-refractivity contribution in [2.24, 2.45) is 24.3 Å². The molecule has 0 amide bonds. The lowest BCUT2D eigenvalue weighted by Crippen LogP contribution is -2.15. The molecule has 0 aliphatic carbocycles. The number of benzene rings is 2. The summed E-state index contributed by atoms with van der Waals surface area (Å²) in [5.41, 5.74) is 4.31. The highest BCUT2D eigenvalue weighted by Crippen LogP contribution is 2.11. The van der Waals surface area contributed by atoms with Gasteiger partial charge in [0.2, 0.25) is 0 Å². The number of fused-ring (bicyclic) bond motifs is 2. The van der Waals surface area contributed by atoms with Crippen molar-refractivity contribution in [3.05, 3.63) is 59.9 Å². The standard InChI is InChI=1S/C16H14N4O2/c1-19-11-7-3-5-9-13(11)21-15(19)17-18-16-20(2)12-8-4-6-10-14(12)22-16/h3-10H,1-2H3. The predicted molar refractivity (Wildman–Crippen MR) is 81.5 cm³/mol. The van der Waals surface area contributed by atoms with Crippen LogP contribution in [0.4, 0.5) is 0 Å². The van der Waals surface area contributed by atoms with E-state index in [1.807, 2.05) is 71.8 Å². The number of aryl methyl sites for hydroxylation is 2. The molecule has 6 heteroatoms. The highest BCUT2D eigenvalue weighted by Gasteiger charge is 2.04. The summed E-state index contributed by atoms with van der Waals surface area (Å²) in [7, 11) is 3.78. The van der Waals surface area contributed by atoms with Gasteiger partial charge in [0.1, 0.15) is 0 Å². The molecule has 0 unspecified atom stereocenters. The van der Waals surface area contributed by atoms with Crippen LogP contribution in [0.2, 0.25) is 0 Å². The van der Waals surface area contributed by atoms with Gasteiger partial charge in [-0.1, -0.05) is 34.5 Å². The summed E-state index contributed by atoms with van der Waals surface area (Å²) in [6.07, 6.45) is 0. The maximum absolute atomic E-state index is 5.69. The maximum Gasteiger partial charge on any atom is 0.321 e. The van der Waals surface area contributed by atoms with Crippen molar-refractivity contribution >= 4 is 22.2 Å². The minimum Gasteiger partial charge on any atom is -0.422 e. The van der Waals surface area contributed by atoms with E-state index in [1.54, 1.807) is 0 Å². The van der Waals surface area contributed by atoms with E-state index in [0.29, 0.717) is 11.4 Å². The molecule has 0 atom stereocenters. The fraction of sp³-hybridized carbons (Fsp3) is 0.125. The van der Waals surface area contributed by atoms with Gasteiger partial charge >= 0.3 is 11.4 Å². The smallest absolute Gasteiger partial charge is 0.321 e. The molecular weight excluding hydrogens is 280 g/mol. The molecule has 0 aliphatic rings. The summed E-state index contributed by atoms with van der Waals surface area (Å²) in [5, 5.41) is 8.35. The second kappa shape index (κ2) is 4.77. The number of hydrogen-bond acceptors (Lipinski definition) is 4. The first-order chi connectivity index (χ1) is 10.7. The highest BCUT2D eigenvalue weighted by atomic mass is 16.4. The van der Waals surface area contributed by atoms with Gasteiger partial charge in [0.25, 0.3) is 0 Å². The highest BCUT2D eigenvalue weighted by molar-refractivity contribution is 5.72. The van der Waals surface area contributed by atoms with Crippen molar-refractivity contribution in [3.8, 4) is 0 Å². The quantitative estimate of drug-likeness (QED) is 0.506. The second-order valence-corrected chi connectivity index (χ2v) is 5.02. The van der Waals surface area contributed by atoms with E-state index in [-0.39, 0.29) is 0 Å². The minimum atomic E-state index is 0.418. The lowest BCUT2D eigenvalue weighted by molar-refractivity contribution is 0.473. The molecule has 4 rings (SSSR count). The van der Waals surface area contributed by atoms with E-state index in [2.05, 4.69) is 10.2 Å². The molecule has 2 aromatic heterocycles.